The van der Waals surface area contributed by atoms with E-state index in [1.54, 1.807) is 0 Å². The van der Waals surface area contributed by atoms with Gasteiger partial charge in [-0.3, -0.25) is 4.79 Å². The summed E-state index contributed by atoms with van der Waals surface area (Å²) < 4.78 is 5.73. The minimum absolute atomic E-state index is 0.0976. The third-order valence-corrected chi connectivity index (χ3v) is 4.47. The summed E-state index contributed by atoms with van der Waals surface area (Å²) in [6.45, 7) is 4.64. The predicted molar refractivity (Wildman–Crippen MR) is 88.8 cm³/mol. The summed E-state index contributed by atoms with van der Waals surface area (Å²) in [4.78, 5) is 19.0. The van der Waals surface area contributed by atoms with Crippen molar-refractivity contribution in [2.24, 2.45) is 5.73 Å². The number of piperidine rings is 1. The molecule has 1 aliphatic rings. The second-order valence-electron chi connectivity index (χ2n) is 6.29. The Morgan fingerprint density at radius 2 is 2.13 bits per heavy atom. The first kappa shape index (κ1) is 15.7. The van der Waals surface area contributed by atoms with Crippen molar-refractivity contribution in [1.29, 1.82) is 0 Å². The summed E-state index contributed by atoms with van der Waals surface area (Å²) in [5.41, 5.74) is 7.61. The van der Waals surface area contributed by atoms with Crippen LogP contribution < -0.4 is 5.73 Å². The molecule has 3 rings (SSSR count). The summed E-state index contributed by atoms with van der Waals surface area (Å²) in [7, 11) is 0. The van der Waals surface area contributed by atoms with E-state index in [-0.39, 0.29) is 24.4 Å². The van der Waals surface area contributed by atoms with Gasteiger partial charge in [0.1, 0.15) is 5.76 Å². The summed E-state index contributed by atoms with van der Waals surface area (Å²) in [6, 6.07) is 10.1. The van der Waals surface area contributed by atoms with Crippen LogP contribution in [0.15, 0.2) is 34.7 Å². The molecule has 1 saturated heterocycles. The number of aromatic nitrogens is 1. The van der Waals surface area contributed by atoms with Gasteiger partial charge in [-0.25, -0.2) is 4.98 Å². The zero-order valence-corrected chi connectivity index (χ0v) is 13.7. The number of carbonyl (C=O) groups excluding carboxylic acids is 1. The maximum Gasteiger partial charge on any atom is 0.228 e. The van der Waals surface area contributed by atoms with Gasteiger partial charge in [-0.1, -0.05) is 18.2 Å². The van der Waals surface area contributed by atoms with Crippen LogP contribution in [0.2, 0.25) is 0 Å². The van der Waals surface area contributed by atoms with Gasteiger partial charge in [0.15, 0.2) is 0 Å². The molecule has 2 heterocycles. The number of nitrogens with zero attached hydrogens (tertiary/aromatic N) is 2. The fourth-order valence-electron chi connectivity index (χ4n) is 3.12. The zero-order chi connectivity index (χ0) is 16.4. The molecule has 0 aliphatic carbocycles. The Kier molecular flexibility index (Phi) is 4.48. The van der Waals surface area contributed by atoms with Crippen molar-refractivity contribution >= 4 is 5.91 Å². The predicted octanol–water partition coefficient (Wildman–Crippen LogP) is 2.53. The van der Waals surface area contributed by atoms with Crippen LogP contribution in [0, 0.1) is 6.92 Å². The van der Waals surface area contributed by atoms with Crippen LogP contribution >= 0.6 is 0 Å². The van der Waals surface area contributed by atoms with Gasteiger partial charge in [-0.15, -0.1) is 0 Å². The highest BCUT2D eigenvalue weighted by Gasteiger charge is 2.28. The lowest BCUT2D eigenvalue weighted by atomic mass is 9.98. The molecule has 0 spiro atoms. The molecule has 1 aliphatic heterocycles. The number of rotatable bonds is 3. The van der Waals surface area contributed by atoms with Gasteiger partial charge in [-0.05, 0) is 38.8 Å². The van der Waals surface area contributed by atoms with E-state index in [0.717, 1.165) is 30.6 Å². The number of oxazole rings is 1. The van der Waals surface area contributed by atoms with Crippen molar-refractivity contribution in [3.8, 4) is 11.5 Å². The molecule has 0 radical (unpaired) electrons. The second kappa shape index (κ2) is 6.54. The Morgan fingerprint density at radius 3 is 2.83 bits per heavy atom. The molecule has 1 fully saturated rings. The maximum absolute atomic E-state index is 12.6. The first-order valence-electron chi connectivity index (χ1n) is 8.11. The Hall–Kier alpha value is -2.14. The lowest BCUT2D eigenvalue weighted by molar-refractivity contribution is -0.133. The molecular formula is C18H23N3O2. The minimum Gasteiger partial charge on any atom is -0.441 e. The van der Waals surface area contributed by atoms with E-state index in [1.165, 1.54) is 0 Å². The molecule has 0 bridgehead atoms. The highest BCUT2D eigenvalue weighted by Crippen LogP contribution is 2.23. The Labute approximate surface area is 136 Å². The van der Waals surface area contributed by atoms with E-state index in [9.17, 15) is 4.79 Å². The van der Waals surface area contributed by atoms with Crippen LogP contribution in [0.4, 0.5) is 0 Å². The van der Waals surface area contributed by atoms with Crippen LogP contribution in [-0.2, 0) is 11.2 Å². The van der Waals surface area contributed by atoms with Crippen molar-refractivity contribution < 1.29 is 9.21 Å². The summed E-state index contributed by atoms with van der Waals surface area (Å²) in [5.74, 6) is 1.37. The van der Waals surface area contributed by atoms with Gasteiger partial charge in [0.25, 0.3) is 0 Å². The number of amides is 1. The van der Waals surface area contributed by atoms with Gasteiger partial charge < -0.3 is 15.1 Å². The SMILES string of the molecule is Cc1oc(-c2ccccc2)nc1CC(=O)N1CC[C@H](N)C[C@H]1C. The first-order chi connectivity index (χ1) is 11.0. The average molecular weight is 313 g/mol. The average Bonchev–Trinajstić information content (AvgIpc) is 2.89. The van der Waals surface area contributed by atoms with Gasteiger partial charge in [0, 0.05) is 24.2 Å². The van der Waals surface area contributed by atoms with Crippen LogP contribution in [0.1, 0.15) is 31.2 Å². The van der Waals surface area contributed by atoms with Crippen molar-refractivity contribution in [3.63, 3.8) is 0 Å². The number of carbonyl (C=O) groups is 1. The monoisotopic (exact) mass is 313 g/mol. The number of nitrogens with two attached hydrogens (primary N) is 1. The van der Waals surface area contributed by atoms with Crippen LogP contribution in [0.25, 0.3) is 11.5 Å². The number of aryl methyl sites for hydroxylation is 1. The number of hydrogen-bond donors (Lipinski definition) is 1. The molecule has 2 atom stereocenters. The number of likely N-dealkylation sites (tertiary alicyclic amines) is 1. The van der Waals surface area contributed by atoms with Crippen molar-refractivity contribution in [2.75, 3.05) is 6.54 Å². The van der Waals surface area contributed by atoms with E-state index in [0.29, 0.717) is 11.7 Å². The van der Waals surface area contributed by atoms with Gasteiger partial charge in [0.2, 0.25) is 11.8 Å². The molecule has 5 nitrogen and oxygen atoms in total. The van der Waals surface area contributed by atoms with E-state index in [1.807, 2.05) is 42.2 Å². The third-order valence-electron chi connectivity index (χ3n) is 4.47. The van der Waals surface area contributed by atoms with E-state index >= 15 is 0 Å². The highest BCUT2D eigenvalue weighted by atomic mass is 16.4. The van der Waals surface area contributed by atoms with E-state index in [2.05, 4.69) is 11.9 Å². The van der Waals surface area contributed by atoms with Crippen molar-refractivity contribution in [2.45, 2.75) is 45.2 Å². The molecule has 5 heteroatoms. The fraction of sp³-hybridized carbons (Fsp3) is 0.444. The van der Waals surface area contributed by atoms with Crippen molar-refractivity contribution in [3.05, 3.63) is 41.8 Å². The molecule has 122 valence electrons. The number of benzene rings is 1. The smallest absolute Gasteiger partial charge is 0.228 e. The molecule has 1 aromatic carbocycles. The minimum atomic E-state index is 0.0976. The normalized spacial score (nSPS) is 21.4. The lowest BCUT2D eigenvalue weighted by Crippen LogP contribution is -2.48. The Bertz CT molecular complexity index is 681. The van der Waals surface area contributed by atoms with E-state index in [4.69, 9.17) is 10.2 Å². The Balaban J connectivity index is 1.73. The summed E-state index contributed by atoms with van der Waals surface area (Å²) >= 11 is 0. The van der Waals surface area contributed by atoms with Crippen LogP contribution in [0.3, 0.4) is 0 Å². The quantitative estimate of drug-likeness (QED) is 0.945. The van der Waals surface area contributed by atoms with Gasteiger partial charge >= 0.3 is 0 Å². The molecule has 1 aromatic heterocycles. The molecule has 0 unspecified atom stereocenters. The zero-order valence-electron chi connectivity index (χ0n) is 13.7. The molecule has 23 heavy (non-hydrogen) atoms. The maximum atomic E-state index is 12.6. The molecule has 2 N–H and O–H groups in total. The molecular weight excluding hydrogens is 290 g/mol. The summed E-state index contributed by atoms with van der Waals surface area (Å²) in [5, 5.41) is 0. The molecule has 0 saturated carbocycles. The van der Waals surface area contributed by atoms with Crippen LogP contribution in [-0.4, -0.2) is 34.4 Å². The van der Waals surface area contributed by atoms with E-state index < -0.39 is 0 Å². The number of hydrogen-bond acceptors (Lipinski definition) is 4. The molecule has 1 amide bonds. The third kappa shape index (κ3) is 3.45. The standard InChI is InChI=1S/C18H23N3O2/c1-12-10-15(19)8-9-21(12)17(22)11-16-13(2)23-18(20-16)14-6-4-3-5-7-14/h3-7,12,15H,8-11,19H2,1-2H3/t12-,15+/m1/s1. The molecule has 2 aromatic rings. The fourth-order valence-corrected chi connectivity index (χ4v) is 3.12. The highest BCUT2D eigenvalue weighted by molar-refractivity contribution is 5.79. The van der Waals surface area contributed by atoms with Crippen molar-refractivity contribution in [1.82, 2.24) is 9.88 Å². The largest absolute Gasteiger partial charge is 0.441 e. The van der Waals surface area contributed by atoms with Crippen LogP contribution in [0.5, 0.6) is 0 Å². The second-order valence-corrected chi connectivity index (χ2v) is 6.29. The summed E-state index contributed by atoms with van der Waals surface area (Å²) in [6.07, 6.45) is 2.00. The van der Waals surface area contributed by atoms with Gasteiger partial charge in [0.05, 0.1) is 12.1 Å². The topological polar surface area (TPSA) is 72.4 Å². The lowest BCUT2D eigenvalue weighted by Gasteiger charge is -2.36. The Morgan fingerprint density at radius 1 is 1.39 bits per heavy atom. The first-order valence-corrected chi connectivity index (χ1v) is 8.11. The van der Waals surface area contributed by atoms with Gasteiger partial charge in [-0.2, -0.15) is 0 Å².